The van der Waals surface area contributed by atoms with Crippen molar-refractivity contribution in [3.63, 3.8) is 0 Å². The average molecular weight is 232 g/mol. The number of rotatable bonds is 10. The number of aliphatic hydroxyl groups excluding tert-OH is 1. The van der Waals surface area contributed by atoms with Gasteiger partial charge in [0.15, 0.2) is 0 Å². The Labute approximate surface area is 100.0 Å². The number of aliphatic hydroxyl groups is 1. The van der Waals surface area contributed by atoms with Gasteiger partial charge in [0.1, 0.15) is 0 Å². The van der Waals surface area contributed by atoms with E-state index in [1.807, 2.05) is 13.8 Å². The first-order valence-electron chi connectivity index (χ1n) is 6.27. The van der Waals surface area contributed by atoms with Gasteiger partial charge in [-0.1, -0.05) is 13.8 Å². The number of hydrogen-bond donors (Lipinski definition) is 2. The van der Waals surface area contributed by atoms with Gasteiger partial charge in [-0.3, -0.25) is 0 Å². The molecule has 1 atom stereocenters. The van der Waals surface area contributed by atoms with Gasteiger partial charge in [-0.15, -0.1) is 0 Å². The highest BCUT2D eigenvalue weighted by Crippen LogP contribution is 2.03. The molecule has 0 aliphatic carbocycles. The third-order valence-corrected chi connectivity index (χ3v) is 2.85. The molecule has 0 aliphatic heterocycles. The van der Waals surface area contributed by atoms with Crippen molar-refractivity contribution in [2.75, 3.05) is 46.0 Å². The van der Waals surface area contributed by atoms with Crippen LogP contribution in [0.3, 0.4) is 0 Å². The lowest BCUT2D eigenvalue weighted by Gasteiger charge is -2.30. The zero-order chi connectivity index (χ0) is 12.4. The molecule has 0 saturated carbocycles. The summed E-state index contributed by atoms with van der Waals surface area (Å²) in [4.78, 5) is 2.35. The van der Waals surface area contributed by atoms with Gasteiger partial charge < -0.3 is 20.1 Å². The maximum atomic E-state index is 9.34. The largest absolute Gasteiger partial charge is 0.394 e. The molecule has 0 radical (unpaired) electrons. The molecule has 98 valence electrons. The van der Waals surface area contributed by atoms with Crippen LogP contribution < -0.4 is 5.32 Å². The van der Waals surface area contributed by atoms with E-state index in [9.17, 15) is 5.11 Å². The molecule has 1 unspecified atom stereocenters. The summed E-state index contributed by atoms with van der Waals surface area (Å²) in [6.07, 6.45) is 0. The summed E-state index contributed by atoms with van der Waals surface area (Å²) in [6, 6.07) is 0. The van der Waals surface area contributed by atoms with Crippen LogP contribution >= 0.6 is 0 Å². The summed E-state index contributed by atoms with van der Waals surface area (Å²) in [6.45, 7) is 13.7. The molecule has 0 aromatic rings. The molecule has 4 nitrogen and oxygen atoms in total. The molecule has 0 amide bonds. The van der Waals surface area contributed by atoms with E-state index >= 15 is 0 Å². The zero-order valence-electron chi connectivity index (χ0n) is 11.3. The van der Waals surface area contributed by atoms with E-state index in [1.54, 1.807) is 0 Å². The van der Waals surface area contributed by atoms with Gasteiger partial charge in [-0.05, 0) is 26.9 Å². The van der Waals surface area contributed by atoms with E-state index in [0.717, 1.165) is 26.2 Å². The minimum absolute atomic E-state index is 0.102. The molecule has 0 saturated heterocycles. The topological polar surface area (TPSA) is 44.7 Å². The molecular weight excluding hydrogens is 204 g/mol. The van der Waals surface area contributed by atoms with Gasteiger partial charge in [0.2, 0.25) is 0 Å². The molecule has 2 N–H and O–H groups in total. The second-order valence-electron chi connectivity index (χ2n) is 4.31. The Morgan fingerprint density at radius 2 is 1.88 bits per heavy atom. The van der Waals surface area contributed by atoms with Crippen molar-refractivity contribution in [2.45, 2.75) is 33.2 Å². The summed E-state index contributed by atoms with van der Waals surface area (Å²) in [5.74, 6) is 0. The molecule has 16 heavy (non-hydrogen) atoms. The molecular formula is C12H28N2O2. The normalized spacial score (nSPS) is 15.4. The highest BCUT2D eigenvalue weighted by molar-refractivity contribution is 4.82. The first kappa shape index (κ1) is 15.8. The Bertz CT molecular complexity index is 163. The van der Waals surface area contributed by atoms with E-state index in [2.05, 4.69) is 24.1 Å². The zero-order valence-corrected chi connectivity index (χ0v) is 11.3. The highest BCUT2D eigenvalue weighted by atomic mass is 16.5. The minimum atomic E-state index is -0.316. The first-order valence-corrected chi connectivity index (χ1v) is 6.27. The van der Waals surface area contributed by atoms with Crippen molar-refractivity contribution in [3.05, 3.63) is 0 Å². The Kier molecular flexibility index (Phi) is 8.84. The maximum absolute atomic E-state index is 9.34. The molecule has 0 aliphatic rings. The van der Waals surface area contributed by atoms with Crippen LogP contribution in [0, 0.1) is 0 Å². The summed E-state index contributed by atoms with van der Waals surface area (Å²) in [5, 5.41) is 12.7. The van der Waals surface area contributed by atoms with Crippen molar-refractivity contribution in [3.8, 4) is 0 Å². The number of ether oxygens (including phenoxy) is 1. The molecule has 0 aromatic heterocycles. The third-order valence-electron chi connectivity index (χ3n) is 2.85. The minimum Gasteiger partial charge on any atom is -0.394 e. The summed E-state index contributed by atoms with van der Waals surface area (Å²) in [7, 11) is 0. The molecule has 0 rings (SSSR count). The van der Waals surface area contributed by atoms with Crippen LogP contribution in [0.25, 0.3) is 0 Å². The van der Waals surface area contributed by atoms with Gasteiger partial charge >= 0.3 is 0 Å². The molecule has 0 fully saturated rings. The van der Waals surface area contributed by atoms with E-state index in [0.29, 0.717) is 13.2 Å². The number of likely N-dealkylation sites (N-methyl/N-ethyl adjacent to an activating group) is 1. The fraction of sp³-hybridized carbons (Fsp3) is 1.00. The van der Waals surface area contributed by atoms with Crippen molar-refractivity contribution in [1.82, 2.24) is 10.2 Å². The van der Waals surface area contributed by atoms with E-state index < -0.39 is 0 Å². The molecule has 0 aromatic carbocycles. The molecule has 0 heterocycles. The van der Waals surface area contributed by atoms with Crippen molar-refractivity contribution < 1.29 is 9.84 Å². The van der Waals surface area contributed by atoms with Crippen molar-refractivity contribution in [2.24, 2.45) is 0 Å². The lowest BCUT2D eigenvalue weighted by molar-refractivity contribution is 0.0494. The van der Waals surface area contributed by atoms with Crippen LogP contribution in [0.4, 0.5) is 0 Å². The van der Waals surface area contributed by atoms with E-state index in [4.69, 9.17) is 4.74 Å². The number of hydrogen-bond acceptors (Lipinski definition) is 4. The maximum Gasteiger partial charge on any atom is 0.0667 e. The van der Waals surface area contributed by atoms with Crippen LogP contribution in [-0.2, 0) is 4.74 Å². The Morgan fingerprint density at radius 3 is 2.31 bits per heavy atom. The number of nitrogens with zero attached hydrogens (tertiary/aromatic N) is 1. The Morgan fingerprint density at radius 1 is 1.25 bits per heavy atom. The van der Waals surface area contributed by atoms with Crippen molar-refractivity contribution >= 4 is 0 Å². The molecule has 0 spiro atoms. The quantitative estimate of drug-likeness (QED) is 0.582. The van der Waals surface area contributed by atoms with Gasteiger partial charge in [0, 0.05) is 19.7 Å². The van der Waals surface area contributed by atoms with Crippen molar-refractivity contribution in [1.29, 1.82) is 0 Å². The van der Waals surface area contributed by atoms with Crippen LogP contribution in [-0.4, -0.2) is 61.5 Å². The first-order chi connectivity index (χ1) is 7.61. The number of nitrogens with one attached hydrogen (secondary N) is 1. The Balaban J connectivity index is 3.84. The molecule has 0 bridgehead atoms. The van der Waals surface area contributed by atoms with Gasteiger partial charge in [0.05, 0.1) is 18.8 Å². The summed E-state index contributed by atoms with van der Waals surface area (Å²) < 4.78 is 5.36. The smallest absolute Gasteiger partial charge is 0.0667 e. The summed E-state index contributed by atoms with van der Waals surface area (Å²) >= 11 is 0. The second kappa shape index (κ2) is 8.93. The fourth-order valence-electron chi connectivity index (χ4n) is 1.54. The second-order valence-corrected chi connectivity index (χ2v) is 4.31. The monoisotopic (exact) mass is 232 g/mol. The fourth-order valence-corrected chi connectivity index (χ4v) is 1.54. The van der Waals surface area contributed by atoms with Gasteiger partial charge in [-0.2, -0.15) is 0 Å². The summed E-state index contributed by atoms with van der Waals surface area (Å²) in [5.41, 5.74) is -0.316. The highest BCUT2D eigenvalue weighted by Gasteiger charge is 2.22. The van der Waals surface area contributed by atoms with E-state index in [1.165, 1.54) is 0 Å². The molecule has 4 heteroatoms. The predicted molar refractivity (Wildman–Crippen MR) is 67.8 cm³/mol. The lowest BCUT2D eigenvalue weighted by atomic mass is 10.1. The van der Waals surface area contributed by atoms with Crippen LogP contribution in [0.1, 0.15) is 27.7 Å². The van der Waals surface area contributed by atoms with Crippen LogP contribution in [0.5, 0.6) is 0 Å². The predicted octanol–water partition coefficient (Wildman–Crippen LogP) is 0.705. The lowest BCUT2D eigenvalue weighted by Crippen LogP contribution is -2.51. The average Bonchev–Trinajstić information content (AvgIpc) is 2.32. The van der Waals surface area contributed by atoms with E-state index in [-0.39, 0.29) is 12.1 Å². The van der Waals surface area contributed by atoms with Gasteiger partial charge in [0.25, 0.3) is 0 Å². The Hall–Kier alpha value is -0.160. The van der Waals surface area contributed by atoms with Crippen LogP contribution in [0.2, 0.25) is 0 Å². The SMILES string of the molecule is CCOCC(C)(CO)NCCN(CC)CC. The third kappa shape index (κ3) is 6.43. The standard InChI is InChI=1S/C12H28N2O2/c1-5-14(6-2)9-8-13-12(4,10-15)11-16-7-3/h13,15H,5-11H2,1-4H3. The van der Waals surface area contributed by atoms with Crippen LogP contribution in [0.15, 0.2) is 0 Å². The van der Waals surface area contributed by atoms with Gasteiger partial charge in [-0.25, -0.2) is 0 Å².